The molecule has 5 unspecified atom stereocenters. The van der Waals surface area contributed by atoms with Crippen molar-refractivity contribution in [2.24, 2.45) is 23.7 Å². The van der Waals surface area contributed by atoms with E-state index in [2.05, 4.69) is 25.7 Å². The van der Waals surface area contributed by atoms with Gasteiger partial charge in [-0.25, -0.2) is 0 Å². The van der Waals surface area contributed by atoms with Gasteiger partial charge in [0.2, 0.25) is 0 Å². The summed E-state index contributed by atoms with van der Waals surface area (Å²) in [4.78, 5) is 2.59. The van der Waals surface area contributed by atoms with Crippen molar-refractivity contribution in [3.63, 3.8) is 0 Å². The zero-order chi connectivity index (χ0) is 12.4. The average molecular weight is 239 g/mol. The normalized spacial score (nSPS) is 44.8. The van der Waals surface area contributed by atoms with Gasteiger partial charge >= 0.3 is 0 Å². The fourth-order valence-electron chi connectivity index (χ4n) is 3.92. The number of aliphatic hydroxyl groups is 1. The van der Waals surface area contributed by atoms with Crippen molar-refractivity contribution < 1.29 is 5.11 Å². The number of rotatable bonds is 2. The van der Waals surface area contributed by atoms with E-state index in [1.54, 1.807) is 0 Å². The Hall–Kier alpha value is -0.0800. The standard InChI is InChI=1S/C15H29NO/c1-11-5-4-6-16(9-11)10-14-13(3)7-12(2)8-15(14)17/h11-15,17H,4-10H2,1-3H3. The Morgan fingerprint density at radius 3 is 2.53 bits per heavy atom. The minimum Gasteiger partial charge on any atom is -0.393 e. The highest BCUT2D eigenvalue weighted by Gasteiger charge is 2.34. The van der Waals surface area contributed by atoms with Gasteiger partial charge in [-0.2, -0.15) is 0 Å². The van der Waals surface area contributed by atoms with Crippen LogP contribution in [0.15, 0.2) is 0 Å². The van der Waals surface area contributed by atoms with E-state index in [0.29, 0.717) is 17.8 Å². The first kappa shape index (κ1) is 13.4. The highest BCUT2D eigenvalue weighted by atomic mass is 16.3. The van der Waals surface area contributed by atoms with Gasteiger partial charge in [0.05, 0.1) is 6.10 Å². The second-order valence-corrected chi connectivity index (χ2v) is 6.79. The van der Waals surface area contributed by atoms with Crippen molar-refractivity contribution in [3.05, 3.63) is 0 Å². The number of aliphatic hydroxyl groups excluding tert-OH is 1. The summed E-state index contributed by atoms with van der Waals surface area (Å²) in [5, 5.41) is 10.3. The van der Waals surface area contributed by atoms with Gasteiger partial charge < -0.3 is 10.0 Å². The number of hydrogen-bond donors (Lipinski definition) is 1. The molecule has 0 bridgehead atoms. The molecular formula is C15H29NO. The molecule has 1 heterocycles. The van der Waals surface area contributed by atoms with Gasteiger partial charge in [0, 0.05) is 19.0 Å². The van der Waals surface area contributed by atoms with E-state index in [1.807, 2.05) is 0 Å². The molecule has 1 saturated carbocycles. The predicted octanol–water partition coefficient (Wildman–Crippen LogP) is 2.76. The number of piperidine rings is 1. The van der Waals surface area contributed by atoms with Gasteiger partial charge in [0.1, 0.15) is 0 Å². The van der Waals surface area contributed by atoms with E-state index in [-0.39, 0.29) is 6.10 Å². The first-order valence-corrected chi connectivity index (χ1v) is 7.46. The third-order valence-electron chi connectivity index (χ3n) is 4.85. The van der Waals surface area contributed by atoms with Crippen LogP contribution in [0.5, 0.6) is 0 Å². The van der Waals surface area contributed by atoms with Crippen LogP contribution in [0.1, 0.15) is 46.5 Å². The molecule has 1 saturated heterocycles. The van der Waals surface area contributed by atoms with E-state index in [1.165, 1.54) is 32.4 Å². The summed E-state index contributed by atoms with van der Waals surface area (Å²) in [6, 6.07) is 0. The lowest BCUT2D eigenvalue weighted by Gasteiger charge is -2.41. The maximum atomic E-state index is 10.3. The van der Waals surface area contributed by atoms with Crippen LogP contribution in [0.3, 0.4) is 0 Å². The van der Waals surface area contributed by atoms with Crippen LogP contribution in [0.25, 0.3) is 0 Å². The smallest absolute Gasteiger partial charge is 0.0585 e. The summed E-state index contributed by atoms with van der Waals surface area (Å²) in [6.07, 6.45) is 4.97. The van der Waals surface area contributed by atoms with Crippen LogP contribution in [0, 0.1) is 23.7 Å². The zero-order valence-electron chi connectivity index (χ0n) is 11.7. The van der Waals surface area contributed by atoms with Gasteiger partial charge in [-0.3, -0.25) is 0 Å². The molecule has 0 radical (unpaired) electrons. The lowest BCUT2D eigenvalue weighted by molar-refractivity contribution is -0.00769. The topological polar surface area (TPSA) is 23.5 Å². The molecule has 1 aliphatic carbocycles. The fraction of sp³-hybridized carbons (Fsp3) is 1.00. The molecule has 2 nitrogen and oxygen atoms in total. The van der Waals surface area contributed by atoms with E-state index >= 15 is 0 Å². The molecule has 2 heteroatoms. The molecule has 0 aromatic rings. The highest BCUT2D eigenvalue weighted by Crippen LogP contribution is 2.34. The summed E-state index contributed by atoms with van der Waals surface area (Å²) in [5.74, 6) is 2.75. The van der Waals surface area contributed by atoms with Gasteiger partial charge in [0.25, 0.3) is 0 Å². The molecule has 5 atom stereocenters. The predicted molar refractivity (Wildman–Crippen MR) is 71.9 cm³/mol. The third-order valence-corrected chi connectivity index (χ3v) is 4.85. The minimum absolute atomic E-state index is 0.0639. The molecule has 2 fully saturated rings. The molecule has 2 rings (SSSR count). The Morgan fingerprint density at radius 2 is 1.88 bits per heavy atom. The van der Waals surface area contributed by atoms with Crippen molar-refractivity contribution in [1.29, 1.82) is 0 Å². The van der Waals surface area contributed by atoms with E-state index in [0.717, 1.165) is 18.9 Å². The van der Waals surface area contributed by atoms with Crippen molar-refractivity contribution in [3.8, 4) is 0 Å². The van der Waals surface area contributed by atoms with Crippen molar-refractivity contribution in [1.82, 2.24) is 4.90 Å². The summed E-state index contributed by atoms with van der Waals surface area (Å²) in [7, 11) is 0. The molecule has 100 valence electrons. The maximum Gasteiger partial charge on any atom is 0.0585 e. The molecular weight excluding hydrogens is 210 g/mol. The van der Waals surface area contributed by atoms with Crippen molar-refractivity contribution >= 4 is 0 Å². The quantitative estimate of drug-likeness (QED) is 0.801. The van der Waals surface area contributed by atoms with E-state index in [4.69, 9.17) is 0 Å². The van der Waals surface area contributed by atoms with Gasteiger partial charge in [0.15, 0.2) is 0 Å². The Morgan fingerprint density at radius 1 is 1.12 bits per heavy atom. The lowest BCUT2D eigenvalue weighted by Crippen LogP contribution is -2.45. The second-order valence-electron chi connectivity index (χ2n) is 6.79. The molecule has 1 N–H and O–H groups in total. The minimum atomic E-state index is -0.0639. The Kier molecular flexibility index (Phi) is 4.48. The Labute approximate surface area is 106 Å². The van der Waals surface area contributed by atoms with Crippen LogP contribution in [-0.4, -0.2) is 35.7 Å². The Bertz CT molecular complexity index is 231. The van der Waals surface area contributed by atoms with Gasteiger partial charge in [-0.05, 0) is 50.0 Å². The van der Waals surface area contributed by atoms with Crippen LogP contribution in [0.4, 0.5) is 0 Å². The number of hydrogen-bond acceptors (Lipinski definition) is 2. The van der Waals surface area contributed by atoms with Crippen LogP contribution >= 0.6 is 0 Å². The molecule has 17 heavy (non-hydrogen) atoms. The molecule has 1 aliphatic heterocycles. The van der Waals surface area contributed by atoms with Gasteiger partial charge in [-0.15, -0.1) is 0 Å². The van der Waals surface area contributed by atoms with E-state index < -0.39 is 0 Å². The van der Waals surface area contributed by atoms with Gasteiger partial charge in [-0.1, -0.05) is 20.8 Å². The molecule has 0 aromatic carbocycles. The third kappa shape index (κ3) is 3.45. The number of nitrogens with zero attached hydrogens (tertiary/aromatic N) is 1. The maximum absolute atomic E-state index is 10.3. The van der Waals surface area contributed by atoms with Crippen LogP contribution in [0.2, 0.25) is 0 Å². The molecule has 0 aromatic heterocycles. The first-order chi connectivity index (χ1) is 8.06. The fourth-order valence-corrected chi connectivity index (χ4v) is 3.92. The van der Waals surface area contributed by atoms with E-state index in [9.17, 15) is 5.11 Å². The van der Waals surface area contributed by atoms with Crippen molar-refractivity contribution in [2.45, 2.75) is 52.6 Å². The Balaban J connectivity index is 1.88. The summed E-state index contributed by atoms with van der Waals surface area (Å²) >= 11 is 0. The summed E-state index contributed by atoms with van der Waals surface area (Å²) in [5.41, 5.74) is 0. The lowest BCUT2D eigenvalue weighted by atomic mass is 9.73. The van der Waals surface area contributed by atoms with Crippen LogP contribution in [-0.2, 0) is 0 Å². The highest BCUT2D eigenvalue weighted by molar-refractivity contribution is 4.85. The molecule has 0 amide bonds. The second kappa shape index (κ2) is 5.71. The zero-order valence-corrected chi connectivity index (χ0v) is 11.7. The van der Waals surface area contributed by atoms with Crippen LogP contribution < -0.4 is 0 Å². The largest absolute Gasteiger partial charge is 0.393 e. The molecule has 0 spiro atoms. The summed E-state index contributed by atoms with van der Waals surface area (Å²) < 4.78 is 0. The average Bonchev–Trinajstić information content (AvgIpc) is 2.23. The first-order valence-electron chi connectivity index (χ1n) is 7.46. The number of likely N-dealkylation sites (tertiary alicyclic amines) is 1. The summed E-state index contributed by atoms with van der Waals surface area (Å²) in [6.45, 7) is 10.6. The molecule has 2 aliphatic rings. The monoisotopic (exact) mass is 239 g/mol. The SMILES string of the molecule is CC1CC(C)C(CN2CCCC(C)C2)C(O)C1. The van der Waals surface area contributed by atoms with Crippen molar-refractivity contribution in [2.75, 3.05) is 19.6 Å².